The van der Waals surface area contributed by atoms with Crippen molar-refractivity contribution >= 4 is 28.6 Å². The molecular weight excluding hydrogens is 374 g/mol. The van der Waals surface area contributed by atoms with Crippen LogP contribution in [0.15, 0.2) is 29.2 Å². The highest BCUT2D eigenvalue weighted by atomic mass is 35.5. The van der Waals surface area contributed by atoms with Gasteiger partial charge < -0.3 is 4.74 Å². The highest BCUT2D eigenvalue weighted by molar-refractivity contribution is 8.00. The third-order valence-corrected chi connectivity index (χ3v) is 6.27. The first-order valence-corrected chi connectivity index (χ1v) is 10.4. The lowest BCUT2D eigenvalue weighted by Gasteiger charge is -2.35. The van der Waals surface area contributed by atoms with Crippen molar-refractivity contribution in [2.24, 2.45) is 5.92 Å². The third-order valence-electron chi connectivity index (χ3n) is 4.75. The van der Waals surface area contributed by atoms with Gasteiger partial charge in [-0.1, -0.05) is 37.5 Å². The smallest absolute Gasteiger partial charge is 0.234 e. The molecule has 1 aromatic carbocycles. The van der Waals surface area contributed by atoms with E-state index >= 15 is 0 Å². The Labute approximate surface area is 164 Å². The number of ether oxygens (including phenoxy) is 1. The average molecular weight is 400 g/mol. The number of hydrogen-bond donors (Lipinski definition) is 0. The lowest BCUT2D eigenvalue weighted by atomic mass is 9.82. The van der Waals surface area contributed by atoms with Gasteiger partial charge in [0, 0.05) is 28.1 Å². The Kier molecular flexibility index (Phi) is 8.38. The van der Waals surface area contributed by atoms with E-state index < -0.39 is 23.3 Å². The van der Waals surface area contributed by atoms with Gasteiger partial charge in [-0.2, -0.15) is 0 Å². The minimum atomic E-state index is -0.993. The van der Waals surface area contributed by atoms with Gasteiger partial charge in [0.25, 0.3) is 0 Å². The van der Waals surface area contributed by atoms with Crippen molar-refractivity contribution in [2.45, 2.75) is 68.2 Å². The van der Waals surface area contributed by atoms with Crippen LogP contribution in [0.2, 0.25) is 0 Å². The Bertz CT molecular complexity index is 610. The molecule has 4 unspecified atom stereocenters. The molecule has 1 fully saturated rings. The lowest BCUT2D eigenvalue weighted by molar-refractivity contribution is -0.534. The molecule has 5 nitrogen and oxygen atoms in total. The first kappa shape index (κ1) is 21.2. The molecule has 26 heavy (non-hydrogen) atoms. The van der Waals surface area contributed by atoms with Gasteiger partial charge in [0.15, 0.2) is 0 Å². The SMILES string of the molecule is CCCCCOC1CC(Sc2ccc(C)cc2)CC([N+](=O)[O-])C1C(=O)Cl. The van der Waals surface area contributed by atoms with Crippen LogP contribution in [0.1, 0.15) is 44.6 Å². The van der Waals surface area contributed by atoms with Crippen molar-refractivity contribution in [1.29, 1.82) is 0 Å². The van der Waals surface area contributed by atoms with Crippen molar-refractivity contribution in [2.75, 3.05) is 6.61 Å². The molecule has 144 valence electrons. The molecule has 1 saturated carbocycles. The lowest BCUT2D eigenvalue weighted by Crippen LogP contribution is -2.49. The molecule has 1 aliphatic rings. The topological polar surface area (TPSA) is 69.4 Å². The maximum Gasteiger partial charge on any atom is 0.234 e. The van der Waals surface area contributed by atoms with Crippen LogP contribution in [-0.4, -0.2) is 34.2 Å². The van der Waals surface area contributed by atoms with E-state index in [2.05, 4.69) is 6.92 Å². The second kappa shape index (κ2) is 10.3. The molecule has 0 saturated heterocycles. The highest BCUT2D eigenvalue weighted by Gasteiger charge is 2.48. The summed E-state index contributed by atoms with van der Waals surface area (Å²) < 4.78 is 5.90. The van der Waals surface area contributed by atoms with Gasteiger partial charge in [-0.3, -0.25) is 14.9 Å². The van der Waals surface area contributed by atoms with Crippen LogP contribution in [0.5, 0.6) is 0 Å². The van der Waals surface area contributed by atoms with Crippen LogP contribution >= 0.6 is 23.4 Å². The number of benzene rings is 1. The highest BCUT2D eigenvalue weighted by Crippen LogP contribution is 2.39. The summed E-state index contributed by atoms with van der Waals surface area (Å²) in [6.07, 6.45) is 3.40. The van der Waals surface area contributed by atoms with Crippen molar-refractivity contribution in [3.63, 3.8) is 0 Å². The number of rotatable bonds is 9. The minimum absolute atomic E-state index is 0.0246. The largest absolute Gasteiger partial charge is 0.377 e. The summed E-state index contributed by atoms with van der Waals surface area (Å²) in [5.74, 6) is -0.872. The minimum Gasteiger partial charge on any atom is -0.377 e. The summed E-state index contributed by atoms with van der Waals surface area (Å²) in [6.45, 7) is 4.63. The monoisotopic (exact) mass is 399 g/mol. The molecule has 0 amide bonds. The summed E-state index contributed by atoms with van der Waals surface area (Å²) >= 11 is 7.34. The fraction of sp³-hybridized carbons (Fsp3) is 0.632. The molecular formula is C19H26ClNO4S. The molecule has 1 aliphatic carbocycles. The van der Waals surface area contributed by atoms with Crippen LogP contribution in [0, 0.1) is 23.0 Å². The van der Waals surface area contributed by atoms with E-state index in [-0.39, 0.29) is 10.2 Å². The second-order valence-corrected chi connectivity index (χ2v) is 8.57. The fourth-order valence-corrected chi connectivity index (χ4v) is 4.89. The normalized spacial score (nSPS) is 25.8. The second-order valence-electron chi connectivity index (χ2n) is 6.82. The quantitative estimate of drug-likeness (QED) is 0.257. The maximum absolute atomic E-state index is 11.9. The number of nitro groups is 1. The number of thioether (sulfide) groups is 1. The van der Waals surface area contributed by atoms with Crippen LogP contribution < -0.4 is 0 Å². The van der Waals surface area contributed by atoms with E-state index in [1.165, 1.54) is 5.56 Å². The summed E-state index contributed by atoms with van der Waals surface area (Å²) in [5.41, 5.74) is 1.17. The van der Waals surface area contributed by atoms with Crippen molar-refractivity contribution in [3.8, 4) is 0 Å². The van der Waals surface area contributed by atoms with E-state index in [4.69, 9.17) is 16.3 Å². The van der Waals surface area contributed by atoms with E-state index in [1.807, 2.05) is 31.2 Å². The van der Waals surface area contributed by atoms with Gasteiger partial charge >= 0.3 is 0 Å². The first-order chi connectivity index (χ1) is 12.4. The Balaban J connectivity index is 2.11. The summed E-state index contributed by atoms with van der Waals surface area (Å²) in [4.78, 5) is 24.2. The van der Waals surface area contributed by atoms with Crippen LogP contribution in [0.4, 0.5) is 0 Å². The molecule has 1 aromatic rings. The number of hydrogen-bond acceptors (Lipinski definition) is 5. The van der Waals surface area contributed by atoms with E-state index in [1.54, 1.807) is 11.8 Å². The summed E-state index contributed by atoms with van der Waals surface area (Å²) in [5, 5.41) is 10.9. The molecule has 7 heteroatoms. The zero-order valence-electron chi connectivity index (χ0n) is 15.2. The molecule has 0 N–H and O–H groups in total. The standard InChI is InChI=1S/C19H26ClNO4S/c1-3-4-5-10-25-17-12-15(26-14-8-6-13(2)7-9-14)11-16(21(23)24)18(17)19(20)22/h6-9,15-18H,3-5,10-12H2,1-2H3. The number of carbonyl (C=O) groups is 1. The molecule has 0 bridgehead atoms. The summed E-state index contributed by atoms with van der Waals surface area (Å²) in [6, 6.07) is 7.11. The molecule has 0 aliphatic heterocycles. The van der Waals surface area contributed by atoms with Gasteiger partial charge in [0.05, 0.1) is 6.10 Å². The van der Waals surface area contributed by atoms with Crippen molar-refractivity contribution < 1.29 is 14.5 Å². The molecule has 0 radical (unpaired) electrons. The number of halogens is 1. The van der Waals surface area contributed by atoms with E-state index in [0.717, 1.165) is 24.2 Å². The number of nitrogens with zero attached hydrogens (tertiary/aromatic N) is 1. The molecule has 0 aromatic heterocycles. The zero-order chi connectivity index (χ0) is 19.1. The Hall–Kier alpha value is -1.11. The Morgan fingerprint density at radius 1 is 1.31 bits per heavy atom. The van der Waals surface area contributed by atoms with Gasteiger partial charge in [-0.05, 0) is 43.5 Å². The molecule has 0 spiro atoms. The van der Waals surface area contributed by atoms with Gasteiger partial charge in [0.1, 0.15) is 5.92 Å². The van der Waals surface area contributed by atoms with Crippen molar-refractivity contribution in [3.05, 3.63) is 39.9 Å². The predicted molar refractivity (Wildman–Crippen MR) is 104 cm³/mol. The number of aryl methyl sites for hydroxylation is 1. The predicted octanol–water partition coefficient (Wildman–Crippen LogP) is 4.85. The van der Waals surface area contributed by atoms with Crippen LogP contribution in [0.3, 0.4) is 0 Å². The van der Waals surface area contributed by atoms with Gasteiger partial charge in [-0.25, -0.2) is 0 Å². The first-order valence-electron chi connectivity index (χ1n) is 9.10. The zero-order valence-corrected chi connectivity index (χ0v) is 16.8. The molecule has 4 atom stereocenters. The van der Waals surface area contributed by atoms with Gasteiger partial charge in [0.2, 0.25) is 11.3 Å². The van der Waals surface area contributed by atoms with Crippen molar-refractivity contribution in [1.82, 2.24) is 0 Å². The number of carbonyl (C=O) groups excluding carboxylic acids is 1. The molecule has 2 rings (SSSR count). The Morgan fingerprint density at radius 2 is 2.00 bits per heavy atom. The summed E-state index contributed by atoms with van der Waals surface area (Å²) in [7, 11) is 0. The maximum atomic E-state index is 11.9. The molecule has 0 heterocycles. The average Bonchev–Trinajstić information content (AvgIpc) is 2.60. The Morgan fingerprint density at radius 3 is 2.58 bits per heavy atom. The van der Waals surface area contributed by atoms with E-state index in [9.17, 15) is 14.9 Å². The number of unbranched alkanes of at least 4 members (excludes halogenated alkanes) is 2. The van der Waals surface area contributed by atoms with Gasteiger partial charge in [-0.15, -0.1) is 11.8 Å². The van der Waals surface area contributed by atoms with Crippen LogP contribution in [-0.2, 0) is 9.53 Å². The third kappa shape index (κ3) is 5.96. The van der Waals surface area contributed by atoms with Crippen LogP contribution in [0.25, 0.3) is 0 Å². The fourth-order valence-electron chi connectivity index (χ4n) is 3.34. The van der Waals surface area contributed by atoms with E-state index in [0.29, 0.717) is 19.4 Å².